The lowest BCUT2D eigenvalue weighted by Crippen LogP contribution is -2.14. The fraction of sp³-hybridized carbons (Fsp3) is 0.217. The second-order valence-electron chi connectivity index (χ2n) is 7.56. The predicted molar refractivity (Wildman–Crippen MR) is 121 cm³/mol. The third-order valence-electron chi connectivity index (χ3n) is 4.76. The smallest absolute Gasteiger partial charge is 0.237 e. The van der Waals surface area contributed by atoms with Gasteiger partial charge in [-0.1, -0.05) is 60.6 Å². The average molecular weight is 452 g/mol. The highest BCUT2D eigenvalue weighted by atomic mass is 32.2. The van der Waals surface area contributed by atoms with E-state index in [1.807, 2.05) is 45.0 Å². The predicted octanol–water partition coefficient (Wildman–Crippen LogP) is 5.22. The van der Waals surface area contributed by atoms with Crippen molar-refractivity contribution in [3.8, 4) is 17.1 Å². The molecule has 0 aliphatic rings. The molecule has 0 spiro atoms. The van der Waals surface area contributed by atoms with Gasteiger partial charge in [0.05, 0.1) is 17.0 Å². The molecule has 1 amide bonds. The van der Waals surface area contributed by atoms with Gasteiger partial charge in [-0.25, -0.2) is 4.39 Å². The van der Waals surface area contributed by atoms with Gasteiger partial charge >= 0.3 is 0 Å². The number of aromatic nitrogens is 4. The highest BCUT2D eigenvalue weighted by Gasteiger charge is 2.20. The molecule has 1 N–H and O–H groups in total. The molecule has 2 aromatic heterocycles. The van der Waals surface area contributed by atoms with Crippen molar-refractivity contribution < 1.29 is 13.7 Å². The Balaban J connectivity index is 1.58. The fourth-order valence-electron chi connectivity index (χ4n) is 3.03. The van der Waals surface area contributed by atoms with Crippen LogP contribution in [0.1, 0.15) is 31.0 Å². The Hall–Kier alpha value is -3.46. The molecule has 2 heterocycles. The van der Waals surface area contributed by atoms with Crippen LogP contribution in [0, 0.1) is 12.7 Å². The lowest BCUT2D eigenvalue weighted by atomic mass is 10.1. The number of anilines is 1. The Morgan fingerprint density at radius 1 is 1.16 bits per heavy atom. The van der Waals surface area contributed by atoms with E-state index in [0.717, 1.165) is 16.9 Å². The highest BCUT2D eigenvalue weighted by Crippen LogP contribution is 2.29. The number of carbonyl (C=O) groups excluding carboxylic acids is 1. The highest BCUT2D eigenvalue weighted by molar-refractivity contribution is 7.99. The zero-order valence-electron chi connectivity index (χ0n) is 17.9. The summed E-state index contributed by atoms with van der Waals surface area (Å²) < 4.78 is 21.4. The Bertz CT molecular complexity index is 1230. The molecule has 0 aliphatic carbocycles. The molecule has 0 unspecified atom stereocenters. The third kappa shape index (κ3) is 4.72. The van der Waals surface area contributed by atoms with E-state index in [1.165, 1.54) is 17.8 Å². The molecule has 2 aromatic carbocycles. The minimum absolute atomic E-state index is 0.0684. The molecule has 0 bridgehead atoms. The van der Waals surface area contributed by atoms with Crippen LogP contribution in [0.2, 0.25) is 0 Å². The monoisotopic (exact) mass is 451 g/mol. The van der Waals surface area contributed by atoms with Crippen LogP contribution < -0.4 is 5.32 Å². The van der Waals surface area contributed by atoms with Gasteiger partial charge < -0.3 is 4.52 Å². The van der Waals surface area contributed by atoms with E-state index in [4.69, 9.17) is 4.52 Å². The summed E-state index contributed by atoms with van der Waals surface area (Å²) in [5, 5.41) is 15.6. The van der Waals surface area contributed by atoms with Gasteiger partial charge in [-0.3, -0.25) is 14.7 Å². The zero-order chi connectivity index (χ0) is 22.7. The molecule has 7 nitrogen and oxygen atoms in total. The zero-order valence-corrected chi connectivity index (χ0v) is 18.7. The quantitative estimate of drug-likeness (QED) is 0.388. The van der Waals surface area contributed by atoms with E-state index < -0.39 is 5.82 Å². The number of nitrogens with one attached hydrogen (secondary N) is 1. The number of benzene rings is 2. The van der Waals surface area contributed by atoms with Crippen LogP contribution in [0.4, 0.5) is 10.3 Å². The lowest BCUT2D eigenvalue weighted by molar-refractivity contribution is -0.113. The second kappa shape index (κ2) is 9.35. The van der Waals surface area contributed by atoms with Crippen LogP contribution in [-0.2, 0) is 4.79 Å². The van der Waals surface area contributed by atoms with Crippen molar-refractivity contribution in [2.45, 2.75) is 31.8 Å². The first-order chi connectivity index (χ1) is 15.4. The van der Waals surface area contributed by atoms with Gasteiger partial charge in [-0.15, -0.1) is 10.2 Å². The van der Waals surface area contributed by atoms with Crippen LogP contribution >= 0.6 is 11.8 Å². The molecule has 0 atom stereocenters. The molecular weight excluding hydrogens is 429 g/mol. The summed E-state index contributed by atoms with van der Waals surface area (Å²) in [6, 6.07) is 15.8. The lowest BCUT2D eigenvalue weighted by Gasteiger charge is -2.11. The van der Waals surface area contributed by atoms with Crippen molar-refractivity contribution in [3.05, 3.63) is 71.7 Å². The average Bonchev–Trinajstić information content (AvgIpc) is 3.40. The Labute approximate surface area is 189 Å². The largest absolute Gasteiger partial charge is 0.338 e. The summed E-state index contributed by atoms with van der Waals surface area (Å²) in [6.07, 6.45) is 0. The number of hydrogen-bond donors (Lipinski definition) is 1. The van der Waals surface area contributed by atoms with Gasteiger partial charge in [0, 0.05) is 11.8 Å². The number of amides is 1. The first kappa shape index (κ1) is 21.8. The van der Waals surface area contributed by atoms with E-state index in [1.54, 1.807) is 28.8 Å². The number of thioether (sulfide) groups is 1. The molecule has 9 heteroatoms. The second-order valence-corrected chi connectivity index (χ2v) is 8.51. The van der Waals surface area contributed by atoms with Crippen LogP contribution in [0.3, 0.4) is 0 Å². The van der Waals surface area contributed by atoms with Gasteiger partial charge in [-0.2, -0.15) is 0 Å². The van der Waals surface area contributed by atoms with Gasteiger partial charge in [-0.05, 0) is 37.1 Å². The topological polar surface area (TPSA) is 85.8 Å². The van der Waals surface area contributed by atoms with Gasteiger partial charge in [0.2, 0.25) is 11.8 Å². The van der Waals surface area contributed by atoms with Crippen LogP contribution in [-0.4, -0.2) is 31.6 Å². The fourth-order valence-corrected chi connectivity index (χ4v) is 3.78. The standard InChI is InChI=1S/C23H22FN5O2S/c1-14(2)19-12-21(31-28-19)25-20(30)13-32-23-27-26-22(17-6-4-5-7-18(17)24)29(23)16-10-8-15(3)9-11-16/h4-12,14H,13H2,1-3H3,(H,25,30). The number of rotatable bonds is 7. The molecule has 0 saturated heterocycles. The normalized spacial score (nSPS) is 11.2. The summed E-state index contributed by atoms with van der Waals surface area (Å²) in [7, 11) is 0. The van der Waals surface area contributed by atoms with Gasteiger partial charge in [0.1, 0.15) is 5.82 Å². The number of aryl methyl sites for hydroxylation is 1. The van der Waals surface area contributed by atoms with E-state index in [2.05, 4.69) is 20.7 Å². The molecule has 0 aliphatic heterocycles. The Morgan fingerprint density at radius 3 is 2.59 bits per heavy atom. The number of carbonyl (C=O) groups is 1. The summed E-state index contributed by atoms with van der Waals surface area (Å²) in [6.45, 7) is 5.97. The van der Waals surface area contributed by atoms with Crippen molar-refractivity contribution >= 4 is 23.6 Å². The molecule has 4 rings (SSSR count). The van der Waals surface area contributed by atoms with Crippen molar-refractivity contribution in [2.75, 3.05) is 11.1 Å². The first-order valence-electron chi connectivity index (χ1n) is 10.1. The summed E-state index contributed by atoms with van der Waals surface area (Å²) in [4.78, 5) is 12.5. The summed E-state index contributed by atoms with van der Waals surface area (Å²) in [5.74, 6) is 0.266. The molecule has 32 heavy (non-hydrogen) atoms. The minimum Gasteiger partial charge on any atom is -0.338 e. The molecule has 164 valence electrons. The first-order valence-corrected chi connectivity index (χ1v) is 11.1. The van der Waals surface area contributed by atoms with Crippen molar-refractivity contribution in [2.24, 2.45) is 0 Å². The molecule has 0 saturated carbocycles. The van der Waals surface area contributed by atoms with Gasteiger partial charge in [0.25, 0.3) is 0 Å². The van der Waals surface area contributed by atoms with Gasteiger partial charge in [0.15, 0.2) is 11.0 Å². The maximum absolute atomic E-state index is 14.5. The Morgan fingerprint density at radius 2 is 1.91 bits per heavy atom. The molecular formula is C23H22FN5O2S. The summed E-state index contributed by atoms with van der Waals surface area (Å²) >= 11 is 1.20. The third-order valence-corrected chi connectivity index (χ3v) is 5.68. The number of hydrogen-bond acceptors (Lipinski definition) is 6. The Kier molecular flexibility index (Phi) is 6.36. The van der Waals surface area contributed by atoms with E-state index >= 15 is 0 Å². The number of halogens is 1. The SMILES string of the molecule is Cc1ccc(-n2c(SCC(=O)Nc3cc(C(C)C)no3)nnc2-c2ccccc2F)cc1. The maximum atomic E-state index is 14.5. The summed E-state index contributed by atoms with van der Waals surface area (Å²) in [5.41, 5.74) is 2.97. The van der Waals surface area contributed by atoms with E-state index in [9.17, 15) is 9.18 Å². The molecule has 0 radical (unpaired) electrons. The maximum Gasteiger partial charge on any atom is 0.237 e. The van der Waals surface area contributed by atoms with Crippen molar-refractivity contribution in [3.63, 3.8) is 0 Å². The number of nitrogens with zero attached hydrogens (tertiary/aromatic N) is 4. The van der Waals surface area contributed by atoms with Crippen LogP contribution in [0.15, 0.2) is 64.3 Å². The molecule has 4 aromatic rings. The van der Waals surface area contributed by atoms with Crippen LogP contribution in [0.25, 0.3) is 17.1 Å². The van der Waals surface area contributed by atoms with Crippen molar-refractivity contribution in [1.82, 2.24) is 19.9 Å². The van der Waals surface area contributed by atoms with E-state index in [-0.39, 0.29) is 17.6 Å². The minimum atomic E-state index is -0.395. The van der Waals surface area contributed by atoms with Crippen molar-refractivity contribution in [1.29, 1.82) is 0 Å². The van der Waals surface area contributed by atoms with Crippen LogP contribution in [0.5, 0.6) is 0 Å². The molecule has 0 fully saturated rings. The van der Waals surface area contributed by atoms with E-state index in [0.29, 0.717) is 22.4 Å².